The number of carbonyl (C=O) groups is 2. The predicted octanol–water partition coefficient (Wildman–Crippen LogP) is 3.96. The summed E-state index contributed by atoms with van der Waals surface area (Å²) in [6.45, 7) is 3.89. The van der Waals surface area contributed by atoms with Crippen LogP contribution in [0, 0.1) is 5.82 Å². The molecule has 3 heterocycles. The highest BCUT2D eigenvalue weighted by Gasteiger charge is 2.27. The van der Waals surface area contributed by atoms with Crippen LogP contribution in [0.15, 0.2) is 40.2 Å². The molecule has 2 amide bonds. The van der Waals surface area contributed by atoms with Gasteiger partial charge in [0.25, 0.3) is 5.91 Å². The van der Waals surface area contributed by atoms with Gasteiger partial charge in [0, 0.05) is 44.0 Å². The molecule has 0 atom stereocenters. The van der Waals surface area contributed by atoms with Gasteiger partial charge in [-0.3, -0.25) is 9.59 Å². The van der Waals surface area contributed by atoms with E-state index in [0.717, 1.165) is 14.7 Å². The first-order valence-corrected chi connectivity index (χ1v) is 10.7. The zero-order valence-electron chi connectivity index (χ0n) is 15.3. The minimum absolute atomic E-state index is 0.0273. The molecule has 0 radical (unpaired) electrons. The summed E-state index contributed by atoms with van der Waals surface area (Å²) in [6.07, 6.45) is 0. The van der Waals surface area contributed by atoms with Crippen LogP contribution < -0.4 is 0 Å². The maximum atomic E-state index is 14.3. The van der Waals surface area contributed by atoms with Crippen LogP contribution in [-0.2, 0) is 11.3 Å². The molecule has 1 saturated heterocycles. The number of aromatic nitrogens is 1. The summed E-state index contributed by atoms with van der Waals surface area (Å²) in [6, 6.07) is 8.50. The zero-order chi connectivity index (χ0) is 19.8. The van der Waals surface area contributed by atoms with Crippen LogP contribution in [0.25, 0.3) is 10.2 Å². The fraction of sp³-hybridized carbons (Fsp3) is 0.300. The van der Waals surface area contributed by atoms with Crippen molar-refractivity contribution < 1.29 is 14.0 Å². The van der Waals surface area contributed by atoms with Gasteiger partial charge in [-0.2, -0.15) is 0 Å². The lowest BCUT2D eigenvalue weighted by Gasteiger charge is -2.34. The van der Waals surface area contributed by atoms with Gasteiger partial charge in [0.05, 0.1) is 21.2 Å². The standard InChI is InChI=1S/C20H19BrFN3O2S/c1-13(26)23-6-8-24(9-7-23)20(27)17-10-18-19(15(21)12-28-18)25(17)11-14-4-2-3-5-16(14)22/h2-5,10,12H,6-9,11H2,1H3. The first kappa shape index (κ1) is 19.1. The van der Waals surface area contributed by atoms with Crippen LogP contribution >= 0.6 is 27.3 Å². The Morgan fingerprint density at radius 3 is 2.50 bits per heavy atom. The molecule has 3 aromatic rings. The number of nitrogens with zero attached hydrogens (tertiary/aromatic N) is 3. The number of fused-ring (bicyclic) bond motifs is 1. The van der Waals surface area contributed by atoms with E-state index in [-0.39, 0.29) is 24.2 Å². The number of hydrogen-bond donors (Lipinski definition) is 0. The van der Waals surface area contributed by atoms with Crippen molar-refractivity contribution in [3.8, 4) is 0 Å². The van der Waals surface area contributed by atoms with E-state index >= 15 is 0 Å². The van der Waals surface area contributed by atoms with Gasteiger partial charge in [-0.15, -0.1) is 11.3 Å². The minimum Gasteiger partial charge on any atom is -0.339 e. The number of amides is 2. The highest BCUT2D eigenvalue weighted by atomic mass is 79.9. The number of hydrogen-bond acceptors (Lipinski definition) is 3. The van der Waals surface area contributed by atoms with Crippen LogP contribution in [-0.4, -0.2) is 52.4 Å². The lowest BCUT2D eigenvalue weighted by molar-refractivity contribution is -0.130. The number of halogens is 2. The summed E-state index contributed by atoms with van der Waals surface area (Å²) in [5, 5.41) is 1.97. The fourth-order valence-corrected chi connectivity index (χ4v) is 5.25. The van der Waals surface area contributed by atoms with Crippen LogP contribution in [0.5, 0.6) is 0 Å². The Hall–Kier alpha value is -2.19. The van der Waals surface area contributed by atoms with Crippen LogP contribution in [0.2, 0.25) is 0 Å². The van der Waals surface area contributed by atoms with Crippen LogP contribution in [0.1, 0.15) is 23.0 Å². The van der Waals surface area contributed by atoms with Crippen molar-refractivity contribution in [1.82, 2.24) is 14.4 Å². The van der Waals surface area contributed by atoms with Gasteiger partial charge in [0.1, 0.15) is 11.5 Å². The van der Waals surface area contributed by atoms with Crippen molar-refractivity contribution in [3.05, 3.63) is 57.3 Å². The van der Waals surface area contributed by atoms with Gasteiger partial charge in [-0.1, -0.05) is 18.2 Å². The molecule has 5 nitrogen and oxygen atoms in total. The largest absolute Gasteiger partial charge is 0.339 e. The maximum absolute atomic E-state index is 14.3. The molecule has 28 heavy (non-hydrogen) atoms. The van der Waals surface area contributed by atoms with Crippen molar-refractivity contribution in [2.75, 3.05) is 26.2 Å². The zero-order valence-corrected chi connectivity index (χ0v) is 17.7. The molecule has 0 bridgehead atoms. The first-order valence-electron chi connectivity index (χ1n) is 9.00. The monoisotopic (exact) mass is 463 g/mol. The fourth-order valence-electron chi connectivity index (χ4n) is 3.56. The predicted molar refractivity (Wildman–Crippen MR) is 111 cm³/mol. The molecule has 0 N–H and O–H groups in total. The van der Waals surface area contributed by atoms with Crippen molar-refractivity contribution in [2.45, 2.75) is 13.5 Å². The van der Waals surface area contributed by atoms with E-state index in [2.05, 4.69) is 15.9 Å². The molecule has 1 aliphatic rings. The van der Waals surface area contributed by atoms with Gasteiger partial charge in [0.15, 0.2) is 0 Å². The molecule has 0 aliphatic carbocycles. The second-order valence-electron chi connectivity index (χ2n) is 6.80. The molecule has 146 valence electrons. The second kappa shape index (κ2) is 7.67. The number of benzene rings is 1. The van der Waals surface area contributed by atoms with E-state index in [1.54, 1.807) is 46.3 Å². The third kappa shape index (κ3) is 3.46. The van der Waals surface area contributed by atoms with E-state index in [1.807, 2.05) is 16.0 Å². The average Bonchev–Trinajstić information content (AvgIpc) is 3.23. The Balaban J connectivity index is 1.68. The number of thiophene rings is 1. The van der Waals surface area contributed by atoms with Crippen LogP contribution in [0.4, 0.5) is 4.39 Å². The quantitative estimate of drug-likeness (QED) is 0.589. The highest BCUT2D eigenvalue weighted by Crippen LogP contribution is 2.34. The Kier molecular flexibility index (Phi) is 5.25. The topological polar surface area (TPSA) is 45.6 Å². The van der Waals surface area contributed by atoms with Gasteiger partial charge in [-0.25, -0.2) is 4.39 Å². The number of rotatable bonds is 3. The first-order chi connectivity index (χ1) is 13.5. The van der Waals surface area contributed by atoms with Crippen molar-refractivity contribution in [3.63, 3.8) is 0 Å². The average molecular weight is 464 g/mol. The van der Waals surface area contributed by atoms with Crippen molar-refractivity contribution in [1.29, 1.82) is 0 Å². The molecule has 1 fully saturated rings. The third-order valence-corrected chi connectivity index (χ3v) is 6.92. The summed E-state index contributed by atoms with van der Waals surface area (Å²) in [5.74, 6) is -0.349. The summed E-state index contributed by atoms with van der Waals surface area (Å²) in [5.41, 5.74) is 1.98. The summed E-state index contributed by atoms with van der Waals surface area (Å²) in [7, 11) is 0. The molecule has 4 rings (SSSR count). The van der Waals surface area contributed by atoms with E-state index in [4.69, 9.17) is 0 Å². The molecule has 0 unspecified atom stereocenters. The normalized spacial score (nSPS) is 14.7. The molecule has 8 heteroatoms. The lowest BCUT2D eigenvalue weighted by Crippen LogP contribution is -2.50. The van der Waals surface area contributed by atoms with E-state index in [1.165, 1.54) is 6.07 Å². The number of piperazine rings is 1. The van der Waals surface area contributed by atoms with Gasteiger partial charge >= 0.3 is 0 Å². The third-order valence-electron chi connectivity index (χ3n) is 5.10. The van der Waals surface area contributed by atoms with E-state index in [9.17, 15) is 14.0 Å². The Labute approximate surface area is 174 Å². The summed E-state index contributed by atoms with van der Waals surface area (Å²) < 4.78 is 18.0. The molecule has 1 aromatic carbocycles. The molecule has 2 aromatic heterocycles. The smallest absolute Gasteiger partial charge is 0.270 e. The Morgan fingerprint density at radius 2 is 1.82 bits per heavy atom. The van der Waals surface area contributed by atoms with Gasteiger partial charge in [0.2, 0.25) is 5.91 Å². The van der Waals surface area contributed by atoms with Crippen LogP contribution in [0.3, 0.4) is 0 Å². The maximum Gasteiger partial charge on any atom is 0.270 e. The molecular weight excluding hydrogens is 445 g/mol. The summed E-state index contributed by atoms with van der Waals surface area (Å²) >= 11 is 5.11. The second-order valence-corrected chi connectivity index (χ2v) is 8.57. The van der Waals surface area contributed by atoms with E-state index in [0.29, 0.717) is 37.4 Å². The molecular formula is C20H19BrFN3O2S. The summed E-state index contributed by atoms with van der Waals surface area (Å²) in [4.78, 5) is 28.3. The Bertz CT molecular complexity index is 1050. The van der Waals surface area contributed by atoms with Gasteiger partial charge < -0.3 is 14.4 Å². The number of carbonyl (C=O) groups excluding carboxylic acids is 2. The SMILES string of the molecule is CC(=O)N1CCN(C(=O)c2cc3scc(Br)c3n2Cc2ccccc2F)CC1. The van der Waals surface area contributed by atoms with Gasteiger partial charge in [-0.05, 0) is 28.1 Å². The highest BCUT2D eigenvalue weighted by molar-refractivity contribution is 9.10. The lowest BCUT2D eigenvalue weighted by atomic mass is 10.2. The molecule has 0 spiro atoms. The molecule has 0 saturated carbocycles. The Morgan fingerprint density at radius 1 is 1.14 bits per heavy atom. The molecule has 1 aliphatic heterocycles. The van der Waals surface area contributed by atoms with E-state index < -0.39 is 0 Å². The minimum atomic E-state index is -0.288. The van der Waals surface area contributed by atoms with Crippen molar-refractivity contribution >= 4 is 49.3 Å². The van der Waals surface area contributed by atoms with Crippen molar-refractivity contribution in [2.24, 2.45) is 0 Å².